The maximum absolute atomic E-state index is 5.65. The lowest BCUT2D eigenvalue weighted by molar-refractivity contribution is 0.114. The summed E-state index contributed by atoms with van der Waals surface area (Å²) in [4.78, 5) is 6.87. The Morgan fingerprint density at radius 1 is 1.30 bits per heavy atom. The fraction of sp³-hybridized carbons (Fsp3) is 0.611. The smallest absolute Gasteiger partial charge is 0.191 e. The van der Waals surface area contributed by atoms with Crippen LogP contribution in [0.4, 0.5) is 0 Å². The molecule has 1 aromatic carbocycles. The molecule has 0 amide bonds. The van der Waals surface area contributed by atoms with E-state index in [1.165, 1.54) is 17.5 Å². The minimum atomic E-state index is 0.322. The molecule has 1 heterocycles. The lowest BCUT2D eigenvalue weighted by Crippen LogP contribution is -2.41. The van der Waals surface area contributed by atoms with Crippen molar-refractivity contribution in [2.24, 2.45) is 4.99 Å². The Bertz CT molecular complexity index is 496. The average Bonchev–Trinajstić information content (AvgIpc) is 3.03. The third-order valence-electron chi connectivity index (χ3n) is 3.78. The third-order valence-corrected chi connectivity index (χ3v) is 3.78. The summed E-state index contributed by atoms with van der Waals surface area (Å²) in [5, 5.41) is 6.68. The van der Waals surface area contributed by atoms with Crippen LogP contribution in [0.25, 0.3) is 0 Å². The molecular weight excluding hydrogens is 288 g/mol. The molecule has 5 heteroatoms. The van der Waals surface area contributed by atoms with Gasteiger partial charge in [-0.25, -0.2) is 4.99 Å². The summed E-state index contributed by atoms with van der Waals surface area (Å²) < 4.78 is 5.65. The minimum absolute atomic E-state index is 0.322. The van der Waals surface area contributed by atoms with Crippen LogP contribution in [0, 0.1) is 0 Å². The van der Waals surface area contributed by atoms with Crippen molar-refractivity contribution in [3.8, 4) is 0 Å². The predicted octanol–water partition coefficient (Wildman–Crippen LogP) is 1.98. The number of ether oxygens (including phenoxy) is 1. The van der Waals surface area contributed by atoms with E-state index in [0.29, 0.717) is 12.6 Å². The van der Waals surface area contributed by atoms with E-state index >= 15 is 0 Å². The van der Waals surface area contributed by atoms with Gasteiger partial charge in [-0.15, -0.1) is 0 Å². The molecule has 1 aliphatic rings. The van der Waals surface area contributed by atoms with E-state index in [4.69, 9.17) is 9.73 Å². The van der Waals surface area contributed by atoms with Crippen LogP contribution < -0.4 is 10.6 Å². The second-order valence-corrected chi connectivity index (χ2v) is 6.27. The topological polar surface area (TPSA) is 48.9 Å². The Hall–Kier alpha value is -1.59. The molecule has 23 heavy (non-hydrogen) atoms. The fourth-order valence-corrected chi connectivity index (χ4v) is 2.72. The quantitative estimate of drug-likeness (QED) is 0.596. The molecule has 1 unspecified atom stereocenters. The SMILES string of the molecule is CCNC(=NCc1cccc(CN(C)C)c1)NCC1CCCO1. The van der Waals surface area contributed by atoms with Crippen LogP contribution in [0.2, 0.25) is 0 Å². The van der Waals surface area contributed by atoms with E-state index in [1.54, 1.807) is 0 Å². The number of rotatable bonds is 7. The Balaban J connectivity index is 1.90. The van der Waals surface area contributed by atoms with Gasteiger partial charge in [0.1, 0.15) is 0 Å². The number of hydrogen-bond donors (Lipinski definition) is 2. The number of guanidine groups is 1. The van der Waals surface area contributed by atoms with Crippen molar-refractivity contribution in [3.63, 3.8) is 0 Å². The van der Waals surface area contributed by atoms with Crippen LogP contribution in [0.1, 0.15) is 30.9 Å². The van der Waals surface area contributed by atoms with Crippen LogP contribution in [-0.2, 0) is 17.8 Å². The van der Waals surface area contributed by atoms with Crippen LogP contribution in [0.3, 0.4) is 0 Å². The maximum Gasteiger partial charge on any atom is 0.191 e. The zero-order valence-corrected chi connectivity index (χ0v) is 14.6. The zero-order chi connectivity index (χ0) is 16.5. The van der Waals surface area contributed by atoms with Crippen molar-refractivity contribution < 1.29 is 4.74 Å². The normalized spacial score (nSPS) is 18.4. The first-order valence-electron chi connectivity index (χ1n) is 8.53. The van der Waals surface area contributed by atoms with Gasteiger partial charge < -0.3 is 20.3 Å². The third kappa shape index (κ3) is 6.59. The van der Waals surface area contributed by atoms with E-state index in [-0.39, 0.29) is 0 Å². The molecule has 1 saturated heterocycles. The molecule has 1 aromatic rings. The molecule has 128 valence electrons. The van der Waals surface area contributed by atoms with E-state index in [0.717, 1.165) is 38.6 Å². The molecule has 5 nitrogen and oxygen atoms in total. The summed E-state index contributed by atoms with van der Waals surface area (Å²) >= 11 is 0. The molecule has 0 aliphatic carbocycles. The van der Waals surface area contributed by atoms with Crippen molar-refractivity contribution >= 4 is 5.96 Å². The molecule has 0 bridgehead atoms. The fourth-order valence-electron chi connectivity index (χ4n) is 2.72. The maximum atomic E-state index is 5.65. The van der Waals surface area contributed by atoms with Crippen LogP contribution >= 0.6 is 0 Å². The Labute approximate surface area is 140 Å². The molecule has 2 rings (SSSR count). The molecule has 0 saturated carbocycles. The Morgan fingerprint density at radius 3 is 2.83 bits per heavy atom. The summed E-state index contributed by atoms with van der Waals surface area (Å²) in [6, 6.07) is 8.63. The highest BCUT2D eigenvalue weighted by molar-refractivity contribution is 5.79. The zero-order valence-electron chi connectivity index (χ0n) is 14.6. The molecule has 1 atom stereocenters. The van der Waals surface area contributed by atoms with Gasteiger partial charge in [-0.2, -0.15) is 0 Å². The van der Waals surface area contributed by atoms with Gasteiger partial charge in [-0.1, -0.05) is 24.3 Å². The second kappa shape index (κ2) is 9.53. The molecule has 0 aromatic heterocycles. The lowest BCUT2D eigenvalue weighted by atomic mass is 10.1. The summed E-state index contributed by atoms with van der Waals surface area (Å²) in [6.45, 7) is 6.29. The van der Waals surface area contributed by atoms with Crippen molar-refractivity contribution in [3.05, 3.63) is 35.4 Å². The monoisotopic (exact) mass is 318 g/mol. The largest absolute Gasteiger partial charge is 0.376 e. The molecule has 0 spiro atoms. The van der Waals surface area contributed by atoms with Gasteiger partial charge in [0.15, 0.2) is 5.96 Å². The number of aliphatic imine (C=N–C) groups is 1. The van der Waals surface area contributed by atoms with Crippen molar-refractivity contribution in [1.29, 1.82) is 0 Å². The molecule has 1 fully saturated rings. The van der Waals surface area contributed by atoms with Gasteiger partial charge in [-0.3, -0.25) is 0 Å². The van der Waals surface area contributed by atoms with E-state index in [1.807, 2.05) is 0 Å². The van der Waals surface area contributed by atoms with Gasteiger partial charge in [0.2, 0.25) is 0 Å². The number of hydrogen-bond acceptors (Lipinski definition) is 3. The molecule has 2 N–H and O–H groups in total. The van der Waals surface area contributed by atoms with E-state index in [9.17, 15) is 0 Å². The molecular formula is C18H30N4O. The Kier molecular flexibility index (Phi) is 7.36. The first kappa shape index (κ1) is 17.8. The molecule has 0 radical (unpaired) electrons. The average molecular weight is 318 g/mol. The minimum Gasteiger partial charge on any atom is -0.376 e. The Morgan fingerprint density at radius 2 is 2.13 bits per heavy atom. The molecule has 1 aliphatic heterocycles. The van der Waals surface area contributed by atoms with Crippen LogP contribution in [-0.4, -0.2) is 50.8 Å². The van der Waals surface area contributed by atoms with Gasteiger partial charge in [0, 0.05) is 26.2 Å². The van der Waals surface area contributed by atoms with Gasteiger partial charge in [0.05, 0.1) is 12.6 Å². The number of nitrogens with zero attached hydrogens (tertiary/aromatic N) is 2. The highest BCUT2D eigenvalue weighted by Crippen LogP contribution is 2.11. The second-order valence-electron chi connectivity index (χ2n) is 6.27. The highest BCUT2D eigenvalue weighted by atomic mass is 16.5. The standard InChI is InChI=1S/C18H30N4O/c1-4-19-18(21-13-17-9-6-10-23-17)20-12-15-7-5-8-16(11-15)14-22(2)3/h5,7-8,11,17H,4,6,9-10,12-14H2,1-3H3,(H2,19,20,21). The van der Waals surface area contributed by atoms with Crippen LogP contribution in [0.15, 0.2) is 29.3 Å². The van der Waals surface area contributed by atoms with Gasteiger partial charge in [0.25, 0.3) is 0 Å². The van der Waals surface area contributed by atoms with E-state index in [2.05, 4.69) is 60.8 Å². The van der Waals surface area contributed by atoms with Crippen molar-refractivity contribution in [2.75, 3.05) is 33.8 Å². The lowest BCUT2D eigenvalue weighted by Gasteiger charge is -2.15. The first-order chi connectivity index (χ1) is 11.2. The summed E-state index contributed by atoms with van der Waals surface area (Å²) in [5.74, 6) is 0.862. The predicted molar refractivity (Wildman–Crippen MR) is 95.6 cm³/mol. The van der Waals surface area contributed by atoms with Crippen molar-refractivity contribution in [1.82, 2.24) is 15.5 Å². The van der Waals surface area contributed by atoms with Crippen LogP contribution in [0.5, 0.6) is 0 Å². The summed E-state index contributed by atoms with van der Waals surface area (Å²) in [6.07, 6.45) is 2.62. The van der Waals surface area contributed by atoms with Gasteiger partial charge in [-0.05, 0) is 45.0 Å². The first-order valence-corrected chi connectivity index (χ1v) is 8.53. The highest BCUT2D eigenvalue weighted by Gasteiger charge is 2.15. The van der Waals surface area contributed by atoms with E-state index < -0.39 is 0 Å². The summed E-state index contributed by atoms with van der Waals surface area (Å²) in [5.41, 5.74) is 2.55. The summed E-state index contributed by atoms with van der Waals surface area (Å²) in [7, 11) is 4.17. The van der Waals surface area contributed by atoms with Crippen molar-refractivity contribution in [2.45, 2.75) is 39.0 Å². The number of nitrogens with one attached hydrogen (secondary N) is 2. The number of benzene rings is 1. The van der Waals surface area contributed by atoms with Gasteiger partial charge >= 0.3 is 0 Å².